The summed E-state index contributed by atoms with van der Waals surface area (Å²) in [6, 6.07) is 14.2. The van der Waals surface area contributed by atoms with E-state index in [4.69, 9.17) is 4.74 Å². The number of carbonyl (C=O) groups excluding carboxylic acids is 2. The van der Waals surface area contributed by atoms with E-state index in [1.807, 2.05) is 37.3 Å². The van der Waals surface area contributed by atoms with Crippen LogP contribution in [0.1, 0.15) is 17.7 Å². The molecule has 33 heavy (non-hydrogen) atoms. The summed E-state index contributed by atoms with van der Waals surface area (Å²) in [6.07, 6.45) is 2.53. The molecule has 2 saturated heterocycles. The summed E-state index contributed by atoms with van der Waals surface area (Å²) in [6.45, 7) is 7.26. The monoisotopic (exact) mass is 451 g/mol. The number of nitrogens with zero attached hydrogens (tertiary/aromatic N) is 3. The van der Waals surface area contributed by atoms with E-state index in [1.54, 1.807) is 11.1 Å². The maximum absolute atomic E-state index is 13.0. The van der Waals surface area contributed by atoms with Crippen LogP contribution in [0.15, 0.2) is 48.7 Å². The van der Waals surface area contributed by atoms with E-state index in [0.29, 0.717) is 39.3 Å². The first-order valence-corrected chi connectivity index (χ1v) is 11.7. The van der Waals surface area contributed by atoms with E-state index in [0.717, 1.165) is 31.0 Å². The zero-order chi connectivity index (χ0) is 23.0. The average Bonchev–Trinajstić information content (AvgIpc) is 3.24. The Morgan fingerprint density at radius 3 is 2.79 bits per heavy atom. The van der Waals surface area contributed by atoms with Crippen molar-refractivity contribution in [3.63, 3.8) is 0 Å². The quantitative estimate of drug-likeness (QED) is 0.609. The van der Waals surface area contributed by atoms with Crippen molar-refractivity contribution in [3.8, 4) is 5.75 Å². The minimum Gasteiger partial charge on any atom is -0.492 e. The lowest BCUT2D eigenvalue weighted by molar-refractivity contribution is -0.127. The van der Waals surface area contributed by atoms with E-state index in [1.165, 1.54) is 5.56 Å². The van der Waals surface area contributed by atoms with Crippen molar-refractivity contribution < 1.29 is 14.3 Å². The zero-order valence-electron chi connectivity index (χ0n) is 19.2. The second-order valence-electron chi connectivity index (χ2n) is 8.93. The molecule has 2 aromatic rings. The van der Waals surface area contributed by atoms with Crippen LogP contribution in [0.4, 0.5) is 4.79 Å². The van der Waals surface area contributed by atoms with E-state index in [9.17, 15) is 9.59 Å². The predicted octanol–water partition coefficient (Wildman–Crippen LogP) is 2.05. The molecule has 3 heterocycles. The van der Waals surface area contributed by atoms with Crippen molar-refractivity contribution in [2.75, 3.05) is 45.9 Å². The van der Waals surface area contributed by atoms with Gasteiger partial charge in [-0.3, -0.25) is 14.7 Å². The van der Waals surface area contributed by atoms with Crippen molar-refractivity contribution in [3.05, 3.63) is 59.9 Å². The molecule has 3 amide bonds. The summed E-state index contributed by atoms with van der Waals surface area (Å²) in [5.74, 6) is 0.934. The van der Waals surface area contributed by atoms with E-state index in [-0.39, 0.29) is 23.8 Å². The largest absolute Gasteiger partial charge is 0.492 e. The highest BCUT2D eigenvalue weighted by Gasteiger charge is 2.32. The second-order valence-corrected chi connectivity index (χ2v) is 8.93. The van der Waals surface area contributed by atoms with Crippen LogP contribution in [0.3, 0.4) is 0 Å². The number of ether oxygens (including phenoxy) is 1. The number of aromatic nitrogens is 1. The fraction of sp³-hybridized carbons (Fsp3) is 0.480. The van der Waals surface area contributed by atoms with Crippen LogP contribution in [-0.2, 0) is 11.3 Å². The summed E-state index contributed by atoms with van der Waals surface area (Å²) >= 11 is 0. The molecule has 8 nitrogen and oxygen atoms in total. The molecular weight excluding hydrogens is 418 g/mol. The molecule has 2 aliphatic heterocycles. The molecule has 2 fully saturated rings. The number of nitrogens with one attached hydrogen (secondary N) is 2. The normalized spacial score (nSPS) is 21.0. The Balaban J connectivity index is 1.34. The number of hydrogen-bond acceptors (Lipinski definition) is 5. The van der Waals surface area contributed by atoms with E-state index < -0.39 is 0 Å². The van der Waals surface area contributed by atoms with Crippen LogP contribution in [-0.4, -0.2) is 72.6 Å². The molecule has 0 saturated carbocycles. The molecule has 2 N–H and O–H groups in total. The first kappa shape index (κ1) is 23.0. The minimum atomic E-state index is -0.111. The molecule has 0 unspecified atom stereocenters. The molecule has 1 aromatic carbocycles. The molecule has 1 aromatic heterocycles. The molecule has 2 aliphatic rings. The first-order valence-electron chi connectivity index (χ1n) is 11.7. The van der Waals surface area contributed by atoms with Gasteiger partial charge in [-0.05, 0) is 31.0 Å². The number of carbonyl (C=O) groups is 2. The van der Waals surface area contributed by atoms with Crippen molar-refractivity contribution in [2.24, 2.45) is 11.8 Å². The Kier molecular flexibility index (Phi) is 7.78. The van der Waals surface area contributed by atoms with Crippen molar-refractivity contribution in [1.82, 2.24) is 25.4 Å². The summed E-state index contributed by atoms with van der Waals surface area (Å²) in [5.41, 5.74) is 2.19. The minimum absolute atomic E-state index is 0.0503. The number of piperidine rings is 1. The van der Waals surface area contributed by atoms with Gasteiger partial charge < -0.3 is 20.3 Å². The summed E-state index contributed by atoms with van der Waals surface area (Å²) in [5, 5.41) is 5.83. The highest BCUT2D eigenvalue weighted by atomic mass is 16.5. The van der Waals surface area contributed by atoms with Crippen molar-refractivity contribution in [2.45, 2.75) is 19.9 Å². The van der Waals surface area contributed by atoms with Gasteiger partial charge in [0.05, 0.1) is 18.7 Å². The maximum Gasteiger partial charge on any atom is 0.317 e. The third-order valence-corrected chi connectivity index (χ3v) is 6.23. The standard InChI is InChI=1S/C25H33N5O3/c1-19-7-8-23(14-28-19)33-18-21-13-22(17-29(16-21)15-20-5-3-2-4-6-20)24(31)26-9-11-30-12-10-27-25(30)32/h2-8,14,21-22H,9-13,15-18H2,1H3,(H,26,31)(H,27,32)/t21-,22+/m0/s1. The number of rotatable bonds is 9. The molecule has 176 valence electrons. The van der Waals surface area contributed by atoms with Gasteiger partial charge in [-0.2, -0.15) is 0 Å². The number of pyridine rings is 1. The molecule has 4 rings (SSSR count). The van der Waals surface area contributed by atoms with Gasteiger partial charge in [0, 0.05) is 57.4 Å². The Bertz CT molecular complexity index is 921. The van der Waals surface area contributed by atoms with E-state index in [2.05, 4.69) is 32.7 Å². The van der Waals surface area contributed by atoms with Crippen LogP contribution in [0.2, 0.25) is 0 Å². The molecule has 0 radical (unpaired) electrons. The van der Waals surface area contributed by atoms with Crippen LogP contribution < -0.4 is 15.4 Å². The topological polar surface area (TPSA) is 86.8 Å². The third kappa shape index (κ3) is 6.68. The lowest BCUT2D eigenvalue weighted by Gasteiger charge is -2.37. The fourth-order valence-corrected chi connectivity index (χ4v) is 4.52. The first-order chi connectivity index (χ1) is 16.1. The molecule has 0 aliphatic carbocycles. The third-order valence-electron chi connectivity index (χ3n) is 6.23. The predicted molar refractivity (Wildman–Crippen MR) is 126 cm³/mol. The second kappa shape index (κ2) is 11.1. The smallest absolute Gasteiger partial charge is 0.317 e. The van der Waals surface area contributed by atoms with Gasteiger partial charge in [-0.25, -0.2) is 4.79 Å². The number of urea groups is 1. The highest BCUT2D eigenvalue weighted by molar-refractivity contribution is 5.79. The number of amides is 3. The number of benzene rings is 1. The van der Waals surface area contributed by atoms with Crippen LogP contribution in [0, 0.1) is 18.8 Å². The zero-order valence-corrected chi connectivity index (χ0v) is 19.2. The number of likely N-dealkylation sites (tertiary alicyclic amines) is 1. The molecule has 0 spiro atoms. The Hall–Kier alpha value is -3.13. The van der Waals surface area contributed by atoms with Gasteiger partial charge in [0.15, 0.2) is 0 Å². The van der Waals surface area contributed by atoms with Gasteiger partial charge in [-0.15, -0.1) is 0 Å². The fourth-order valence-electron chi connectivity index (χ4n) is 4.52. The van der Waals surface area contributed by atoms with Gasteiger partial charge in [-0.1, -0.05) is 30.3 Å². The lowest BCUT2D eigenvalue weighted by atomic mass is 9.88. The molecule has 0 bridgehead atoms. The Labute approximate surface area is 195 Å². The highest BCUT2D eigenvalue weighted by Crippen LogP contribution is 2.25. The lowest BCUT2D eigenvalue weighted by Crippen LogP contribution is -2.48. The summed E-state index contributed by atoms with van der Waals surface area (Å²) in [7, 11) is 0. The van der Waals surface area contributed by atoms with Gasteiger partial charge >= 0.3 is 6.03 Å². The maximum atomic E-state index is 13.0. The van der Waals surface area contributed by atoms with Crippen LogP contribution in [0.25, 0.3) is 0 Å². The molecular formula is C25H33N5O3. The SMILES string of the molecule is Cc1ccc(OC[C@H]2C[C@@H](C(=O)NCCN3CCNC3=O)CN(Cc3ccccc3)C2)cn1. The van der Waals surface area contributed by atoms with Crippen LogP contribution >= 0.6 is 0 Å². The van der Waals surface area contributed by atoms with Crippen molar-refractivity contribution in [1.29, 1.82) is 0 Å². The summed E-state index contributed by atoms with van der Waals surface area (Å²) < 4.78 is 6.02. The van der Waals surface area contributed by atoms with Crippen LogP contribution in [0.5, 0.6) is 5.75 Å². The van der Waals surface area contributed by atoms with Gasteiger partial charge in [0.25, 0.3) is 0 Å². The molecule has 8 heteroatoms. The van der Waals surface area contributed by atoms with Gasteiger partial charge in [0.1, 0.15) is 5.75 Å². The van der Waals surface area contributed by atoms with Crippen molar-refractivity contribution >= 4 is 11.9 Å². The van der Waals surface area contributed by atoms with E-state index >= 15 is 0 Å². The summed E-state index contributed by atoms with van der Waals surface area (Å²) in [4.78, 5) is 33.1. The average molecular weight is 452 g/mol. The number of aryl methyl sites for hydroxylation is 1. The van der Waals surface area contributed by atoms with Gasteiger partial charge in [0.2, 0.25) is 5.91 Å². The Morgan fingerprint density at radius 1 is 1.21 bits per heavy atom. The number of hydrogen-bond donors (Lipinski definition) is 2. The molecule has 2 atom stereocenters. The Morgan fingerprint density at radius 2 is 2.06 bits per heavy atom.